The molecule has 0 saturated heterocycles. The molecule has 0 aliphatic rings. The highest BCUT2D eigenvalue weighted by Crippen LogP contribution is 2.22. The van der Waals surface area contributed by atoms with E-state index in [9.17, 15) is 29.1 Å². The number of aromatic hydroxyl groups is 1. The molecule has 0 aromatic heterocycles. The van der Waals surface area contributed by atoms with E-state index in [1.165, 1.54) is 0 Å². The topological polar surface area (TPSA) is 193 Å². The van der Waals surface area contributed by atoms with Crippen LogP contribution in [0.5, 0.6) is 5.75 Å². The second-order valence-electron chi connectivity index (χ2n) is 15.5. The van der Waals surface area contributed by atoms with Crippen LogP contribution in [0.1, 0.15) is 67.0 Å². The van der Waals surface area contributed by atoms with E-state index in [0.717, 1.165) is 22.3 Å². The molecule has 14 nitrogen and oxygen atoms in total. The molecule has 320 valence electrons. The smallest absolute Gasteiger partial charge is 0.408 e. The van der Waals surface area contributed by atoms with E-state index in [1.54, 1.807) is 46.8 Å². The summed E-state index contributed by atoms with van der Waals surface area (Å²) in [4.78, 5) is 66.6. The van der Waals surface area contributed by atoms with Crippen LogP contribution in [0.2, 0.25) is 0 Å². The van der Waals surface area contributed by atoms with Crippen molar-refractivity contribution in [2.45, 2.75) is 97.2 Å². The lowest BCUT2D eigenvalue weighted by molar-refractivity contribution is -0.130. The number of amides is 5. The minimum absolute atomic E-state index is 0.0178. The Hall–Kier alpha value is -6.57. The summed E-state index contributed by atoms with van der Waals surface area (Å²) < 4.78 is 16.3. The second kappa shape index (κ2) is 23.1. The molecule has 0 aliphatic carbocycles. The SMILES string of the molecule is Cc1cc(O)cc(C)c1C[C@H](NC(=O)OC(C)(C)C)C(=O)N[C@H](CCCNC(=O)OCc1ccccc1)C(=O)NC[C@H](Cc1ccccc1)NC(=O)OCc1ccccc1. The molecule has 0 fully saturated rings. The van der Waals surface area contributed by atoms with Gasteiger partial charge in [-0.15, -0.1) is 0 Å². The van der Waals surface area contributed by atoms with Gasteiger partial charge in [-0.25, -0.2) is 14.4 Å². The van der Waals surface area contributed by atoms with E-state index >= 15 is 0 Å². The van der Waals surface area contributed by atoms with Crippen molar-refractivity contribution < 1.29 is 43.3 Å². The summed E-state index contributed by atoms with van der Waals surface area (Å²) in [6, 6.07) is 28.1. The Morgan fingerprint density at radius 1 is 0.617 bits per heavy atom. The van der Waals surface area contributed by atoms with E-state index < -0.39 is 53.8 Å². The summed E-state index contributed by atoms with van der Waals surface area (Å²) in [6.07, 6.45) is -1.40. The summed E-state index contributed by atoms with van der Waals surface area (Å²) in [5.41, 5.74) is 3.82. The lowest BCUT2D eigenvalue weighted by Gasteiger charge is -2.27. The minimum Gasteiger partial charge on any atom is -0.508 e. The quantitative estimate of drug-likeness (QED) is 0.0466. The fourth-order valence-corrected chi connectivity index (χ4v) is 6.32. The molecule has 0 heterocycles. The van der Waals surface area contributed by atoms with Crippen LogP contribution in [0.3, 0.4) is 0 Å². The first kappa shape index (κ1) is 46.1. The molecule has 4 rings (SSSR count). The van der Waals surface area contributed by atoms with Crippen LogP contribution in [0, 0.1) is 13.8 Å². The van der Waals surface area contributed by atoms with Gasteiger partial charge in [-0.2, -0.15) is 0 Å². The third kappa shape index (κ3) is 16.7. The zero-order valence-corrected chi connectivity index (χ0v) is 34.9. The van der Waals surface area contributed by atoms with Crippen LogP contribution >= 0.6 is 0 Å². The summed E-state index contributed by atoms with van der Waals surface area (Å²) in [5.74, 6) is -1.15. The molecule has 0 radical (unpaired) electrons. The average Bonchev–Trinajstić information content (AvgIpc) is 3.20. The number of phenolic OH excluding ortho intramolecular Hbond substituents is 1. The maximum atomic E-state index is 14.2. The van der Waals surface area contributed by atoms with Crippen molar-refractivity contribution in [3.63, 3.8) is 0 Å². The number of ether oxygens (including phenoxy) is 3. The van der Waals surface area contributed by atoms with Crippen LogP contribution in [0.15, 0.2) is 103 Å². The second-order valence-corrected chi connectivity index (χ2v) is 15.5. The predicted molar refractivity (Wildman–Crippen MR) is 227 cm³/mol. The summed E-state index contributed by atoms with van der Waals surface area (Å²) >= 11 is 0. The minimum atomic E-state index is -1.19. The summed E-state index contributed by atoms with van der Waals surface area (Å²) in [6.45, 7) is 8.92. The molecule has 0 saturated carbocycles. The Bertz CT molecular complexity index is 1980. The van der Waals surface area contributed by atoms with Crippen molar-refractivity contribution in [3.05, 3.63) is 137 Å². The Morgan fingerprint density at radius 2 is 1.15 bits per heavy atom. The molecule has 0 spiro atoms. The highest BCUT2D eigenvalue weighted by atomic mass is 16.6. The number of rotatable bonds is 19. The lowest BCUT2D eigenvalue weighted by Crippen LogP contribution is -2.56. The Morgan fingerprint density at radius 3 is 1.70 bits per heavy atom. The monoisotopic (exact) mass is 823 g/mol. The third-order valence-corrected chi connectivity index (χ3v) is 9.26. The van der Waals surface area contributed by atoms with Gasteiger partial charge < -0.3 is 45.9 Å². The third-order valence-electron chi connectivity index (χ3n) is 9.26. The number of phenols is 1. The van der Waals surface area contributed by atoms with E-state index in [4.69, 9.17) is 14.2 Å². The van der Waals surface area contributed by atoms with Crippen molar-refractivity contribution in [2.24, 2.45) is 0 Å². The summed E-state index contributed by atoms with van der Waals surface area (Å²) in [7, 11) is 0. The number of carbonyl (C=O) groups excluding carboxylic acids is 5. The molecular formula is C46H57N5O9. The highest BCUT2D eigenvalue weighted by molar-refractivity contribution is 5.91. The number of hydrogen-bond acceptors (Lipinski definition) is 9. The summed E-state index contributed by atoms with van der Waals surface area (Å²) in [5, 5.41) is 24.1. The van der Waals surface area contributed by atoms with Crippen LogP contribution in [0.4, 0.5) is 14.4 Å². The van der Waals surface area contributed by atoms with Gasteiger partial charge in [0, 0.05) is 19.5 Å². The number of hydrogen-bond donors (Lipinski definition) is 6. The number of benzene rings is 4. The molecule has 60 heavy (non-hydrogen) atoms. The normalized spacial score (nSPS) is 12.5. The van der Waals surface area contributed by atoms with Crippen molar-refractivity contribution in [3.8, 4) is 5.75 Å². The van der Waals surface area contributed by atoms with Crippen LogP contribution in [-0.4, -0.2) is 72.0 Å². The van der Waals surface area contributed by atoms with Crippen LogP contribution in [0.25, 0.3) is 0 Å². The van der Waals surface area contributed by atoms with Gasteiger partial charge in [0.2, 0.25) is 11.8 Å². The molecule has 0 aliphatic heterocycles. The Labute approximate surface area is 351 Å². The number of alkyl carbamates (subject to hydrolysis) is 3. The van der Waals surface area contributed by atoms with Crippen molar-refractivity contribution in [2.75, 3.05) is 13.1 Å². The molecule has 5 amide bonds. The maximum absolute atomic E-state index is 14.2. The molecule has 0 bridgehead atoms. The molecule has 3 atom stereocenters. The first-order chi connectivity index (χ1) is 28.6. The number of aryl methyl sites for hydroxylation is 2. The van der Waals surface area contributed by atoms with Crippen molar-refractivity contribution in [1.29, 1.82) is 0 Å². The standard InChI is InChI=1S/C46H57N5O9/c1-31-24-37(52)25-32(2)38(31)27-40(51-45(57)60-46(3,4)5)42(54)50-39(22-15-23-47-43(55)58-29-34-18-11-7-12-19-34)41(53)48-28-36(26-33-16-9-6-10-17-33)49-44(56)59-30-35-20-13-8-14-21-35/h6-14,16-21,24-25,36,39-40,52H,15,22-23,26-30H2,1-5H3,(H,47,55)(H,48,53)(H,49,56)(H,50,54)(H,51,57)/t36-,39+,40-/m0/s1. The molecule has 6 N–H and O–H groups in total. The first-order valence-electron chi connectivity index (χ1n) is 20.0. The van der Waals surface area contributed by atoms with Gasteiger partial charge in [0.15, 0.2) is 0 Å². The van der Waals surface area contributed by atoms with Gasteiger partial charge in [0.1, 0.15) is 36.6 Å². The van der Waals surface area contributed by atoms with E-state index in [0.29, 0.717) is 17.5 Å². The van der Waals surface area contributed by atoms with Crippen molar-refractivity contribution >= 4 is 30.1 Å². The Kier molecular flexibility index (Phi) is 17.8. The van der Waals surface area contributed by atoms with E-state index in [2.05, 4.69) is 26.6 Å². The van der Waals surface area contributed by atoms with E-state index in [-0.39, 0.29) is 51.3 Å². The number of carbonyl (C=O) groups is 5. The van der Waals surface area contributed by atoms with Crippen LogP contribution < -0.4 is 26.6 Å². The van der Waals surface area contributed by atoms with E-state index in [1.807, 2.05) is 91.0 Å². The average molecular weight is 824 g/mol. The predicted octanol–water partition coefficient (Wildman–Crippen LogP) is 6.29. The fourth-order valence-electron chi connectivity index (χ4n) is 6.32. The van der Waals surface area contributed by atoms with Crippen molar-refractivity contribution in [1.82, 2.24) is 26.6 Å². The van der Waals surface area contributed by atoms with Gasteiger partial charge in [-0.05, 0) is 99.4 Å². The molecule has 14 heteroatoms. The van der Waals surface area contributed by atoms with Gasteiger partial charge in [0.25, 0.3) is 0 Å². The number of nitrogens with one attached hydrogen (secondary N) is 5. The van der Waals surface area contributed by atoms with Gasteiger partial charge in [0.05, 0.1) is 6.04 Å². The Balaban J connectivity index is 1.50. The molecule has 0 unspecified atom stereocenters. The van der Waals surface area contributed by atoms with Gasteiger partial charge >= 0.3 is 18.3 Å². The van der Waals surface area contributed by atoms with Crippen LogP contribution in [-0.2, 0) is 49.9 Å². The molecular weight excluding hydrogens is 767 g/mol. The molecule has 4 aromatic rings. The van der Waals surface area contributed by atoms with Gasteiger partial charge in [-0.1, -0.05) is 91.0 Å². The van der Waals surface area contributed by atoms with Gasteiger partial charge in [-0.3, -0.25) is 9.59 Å². The first-order valence-corrected chi connectivity index (χ1v) is 20.0. The fraction of sp³-hybridized carbons (Fsp3) is 0.370. The maximum Gasteiger partial charge on any atom is 0.408 e. The zero-order chi connectivity index (χ0) is 43.5. The molecule has 4 aromatic carbocycles. The zero-order valence-electron chi connectivity index (χ0n) is 34.9. The highest BCUT2D eigenvalue weighted by Gasteiger charge is 2.30. The lowest BCUT2D eigenvalue weighted by atomic mass is 9.95. The largest absolute Gasteiger partial charge is 0.508 e.